The molecule has 7 rings (SSSR count). The second kappa shape index (κ2) is 11.2. The minimum Gasteiger partial charge on any atom is -0.0533 e. The van der Waals surface area contributed by atoms with Crippen LogP contribution in [0.3, 0.4) is 0 Å². The lowest BCUT2D eigenvalue weighted by molar-refractivity contribution is -0.130. The van der Waals surface area contributed by atoms with E-state index in [0.29, 0.717) is 0 Å². The van der Waals surface area contributed by atoms with Crippen molar-refractivity contribution >= 4 is 0 Å². The molecule has 0 radical (unpaired) electrons. The fraction of sp³-hybridized carbons (Fsp3) is 1.00. The van der Waals surface area contributed by atoms with E-state index in [-0.39, 0.29) is 0 Å². The van der Waals surface area contributed by atoms with Crippen molar-refractivity contribution < 1.29 is 0 Å². The van der Waals surface area contributed by atoms with Crippen LogP contribution in [0.2, 0.25) is 0 Å². The molecule has 0 aliphatic heterocycles. The molecule has 0 amide bonds. The van der Waals surface area contributed by atoms with Gasteiger partial charge in [0.05, 0.1) is 0 Å². The molecule has 0 heterocycles. The first-order valence-corrected chi connectivity index (χ1v) is 17.9. The number of rotatable bonds is 3. The number of hydrogen-bond donors (Lipinski definition) is 0. The molecule has 6 unspecified atom stereocenters. The van der Waals surface area contributed by atoms with Gasteiger partial charge in [-0.05, 0) is 129 Å². The number of fused-ring (bicyclic) bond motifs is 3. The SMILES string of the molecule is C1CCC(C2CCCC[C@H]2C2[C@@H]3CCCCC3C([C@H]3CCC4CCCC[C@H]4C3)C3CCCC[C@@H]32)CC1. The smallest absolute Gasteiger partial charge is 0.0321 e. The molecule has 0 spiro atoms. The molecular formula is C36H60. The van der Waals surface area contributed by atoms with Crippen molar-refractivity contribution in [3.05, 3.63) is 0 Å². The summed E-state index contributed by atoms with van der Waals surface area (Å²) in [5, 5.41) is 0. The van der Waals surface area contributed by atoms with Gasteiger partial charge in [0, 0.05) is 0 Å². The van der Waals surface area contributed by atoms with Crippen molar-refractivity contribution in [1.29, 1.82) is 0 Å². The van der Waals surface area contributed by atoms with E-state index in [1.54, 1.807) is 148 Å². The van der Waals surface area contributed by atoms with Crippen molar-refractivity contribution in [2.75, 3.05) is 0 Å². The molecule has 7 saturated carbocycles. The first kappa shape index (κ1) is 25.0. The van der Waals surface area contributed by atoms with E-state index in [1.165, 1.54) is 6.42 Å². The molecule has 7 aliphatic rings. The van der Waals surface area contributed by atoms with Gasteiger partial charge in [0.25, 0.3) is 0 Å². The van der Waals surface area contributed by atoms with E-state index in [2.05, 4.69) is 0 Å². The van der Waals surface area contributed by atoms with Crippen LogP contribution >= 0.6 is 0 Å². The van der Waals surface area contributed by atoms with Crippen molar-refractivity contribution in [3.63, 3.8) is 0 Å². The molecular weight excluding hydrogens is 432 g/mol. The lowest BCUT2D eigenvalue weighted by Crippen LogP contribution is -2.55. The molecule has 7 fully saturated rings. The highest BCUT2D eigenvalue weighted by atomic mass is 14.6. The maximum Gasteiger partial charge on any atom is -0.0321 e. The van der Waals surface area contributed by atoms with Crippen molar-refractivity contribution in [3.8, 4) is 0 Å². The third kappa shape index (κ3) is 4.67. The first-order chi connectivity index (χ1) is 17.9. The van der Waals surface area contributed by atoms with Crippen LogP contribution < -0.4 is 0 Å². The lowest BCUT2D eigenvalue weighted by Gasteiger charge is -2.62. The Morgan fingerprint density at radius 2 is 0.611 bits per heavy atom. The van der Waals surface area contributed by atoms with E-state index in [9.17, 15) is 0 Å². The summed E-state index contributed by atoms with van der Waals surface area (Å²) in [6, 6.07) is 0. The minimum absolute atomic E-state index is 1.12. The fourth-order valence-electron chi connectivity index (χ4n) is 13.3. The van der Waals surface area contributed by atoms with Gasteiger partial charge in [0.15, 0.2) is 0 Å². The minimum atomic E-state index is 1.12. The largest absolute Gasteiger partial charge is 0.0533 e. The second-order valence-electron chi connectivity index (χ2n) is 15.8. The topological polar surface area (TPSA) is 0 Å². The van der Waals surface area contributed by atoms with Crippen molar-refractivity contribution in [2.45, 2.75) is 154 Å². The summed E-state index contributed by atoms with van der Waals surface area (Å²) in [5.74, 6) is 13.6. The zero-order chi connectivity index (χ0) is 23.9. The van der Waals surface area contributed by atoms with Crippen LogP contribution in [0.1, 0.15) is 154 Å². The molecule has 0 heteroatoms. The number of hydrogen-bond acceptors (Lipinski definition) is 0. The van der Waals surface area contributed by atoms with Crippen LogP contribution in [-0.2, 0) is 0 Å². The van der Waals surface area contributed by atoms with Gasteiger partial charge in [-0.15, -0.1) is 0 Å². The molecule has 7 aliphatic carbocycles. The molecule has 0 saturated heterocycles. The van der Waals surface area contributed by atoms with Crippen molar-refractivity contribution in [2.24, 2.45) is 71.0 Å². The van der Waals surface area contributed by atoms with E-state index >= 15 is 0 Å². The first-order valence-electron chi connectivity index (χ1n) is 17.9. The zero-order valence-corrected chi connectivity index (χ0v) is 23.9. The van der Waals surface area contributed by atoms with E-state index in [4.69, 9.17) is 0 Å². The predicted molar refractivity (Wildman–Crippen MR) is 153 cm³/mol. The molecule has 0 N–H and O–H groups in total. The maximum absolute atomic E-state index is 1.67. The van der Waals surface area contributed by atoms with E-state index in [0.717, 1.165) is 71.0 Å². The van der Waals surface area contributed by atoms with Gasteiger partial charge in [0.2, 0.25) is 0 Å². The Labute approximate surface area is 224 Å². The summed E-state index contributed by atoms with van der Waals surface area (Å²) < 4.78 is 0. The van der Waals surface area contributed by atoms with Gasteiger partial charge in [-0.2, -0.15) is 0 Å². The molecule has 36 heavy (non-hydrogen) atoms. The second-order valence-corrected chi connectivity index (χ2v) is 15.8. The average molecular weight is 493 g/mol. The third-order valence-electron chi connectivity index (χ3n) is 14.5. The summed E-state index contributed by atoms with van der Waals surface area (Å²) in [6.07, 6.45) is 38.4. The molecule has 0 nitrogen and oxygen atoms in total. The average Bonchev–Trinajstić information content (AvgIpc) is 2.96. The Bertz CT molecular complexity index is 679. The zero-order valence-electron chi connectivity index (χ0n) is 23.9. The standard InChI is InChI=1S/C36H60/c1-2-13-26(14-3-1)29-16-6-7-17-30(29)36-33-20-10-8-18-31(33)35(32-19-9-11-21-34(32)36)28-23-22-25-12-4-5-15-27(25)24-28/h25-36H,1-24H2/t25?,27-,28-,29?,30+,31?,32?,33-,34+,35?,36?/m0/s1. The summed E-state index contributed by atoms with van der Waals surface area (Å²) in [6.45, 7) is 0. The summed E-state index contributed by atoms with van der Waals surface area (Å²) in [7, 11) is 0. The Morgan fingerprint density at radius 3 is 1.22 bits per heavy atom. The normalized spacial score (nSPS) is 50.5. The van der Waals surface area contributed by atoms with Gasteiger partial charge in [-0.3, -0.25) is 0 Å². The maximum atomic E-state index is 1.67. The predicted octanol–water partition coefficient (Wildman–Crippen LogP) is 10.8. The Balaban J connectivity index is 1.18. The Morgan fingerprint density at radius 1 is 0.222 bits per heavy atom. The van der Waals surface area contributed by atoms with Gasteiger partial charge in [0.1, 0.15) is 0 Å². The molecule has 0 aromatic rings. The molecule has 0 bridgehead atoms. The highest BCUT2D eigenvalue weighted by Gasteiger charge is 2.56. The van der Waals surface area contributed by atoms with E-state index in [1.807, 2.05) is 0 Å². The van der Waals surface area contributed by atoms with Crippen LogP contribution in [0.5, 0.6) is 0 Å². The van der Waals surface area contributed by atoms with E-state index < -0.39 is 0 Å². The monoisotopic (exact) mass is 492 g/mol. The van der Waals surface area contributed by atoms with Crippen LogP contribution in [-0.4, -0.2) is 0 Å². The summed E-state index contributed by atoms with van der Waals surface area (Å²) in [4.78, 5) is 0. The summed E-state index contributed by atoms with van der Waals surface area (Å²) >= 11 is 0. The molecule has 0 aromatic heterocycles. The highest BCUT2D eigenvalue weighted by molar-refractivity contribution is 5.05. The lowest BCUT2D eigenvalue weighted by atomic mass is 9.43. The van der Waals surface area contributed by atoms with Gasteiger partial charge in [-0.25, -0.2) is 0 Å². The van der Waals surface area contributed by atoms with Gasteiger partial charge < -0.3 is 0 Å². The fourth-order valence-corrected chi connectivity index (χ4v) is 13.3. The third-order valence-corrected chi connectivity index (χ3v) is 14.5. The molecule has 0 aromatic carbocycles. The molecule has 204 valence electrons. The van der Waals surface area contributed by atoms with Crippen LogP contribution in [0, 0.1) is 71.0 Å². The quantitative estimate of drug-likeness (QED) is 0.367. The summed E-state index contributed by atoms with van der Waals surface area (Å²) in [5.41, 5.74) is 0. The van der Waals surface area contributed by atoms with Crippen LogP contribution in [0.25, 0.3) is 0 Å². The van der Waals surface area contributed by atoms with Gasteiger partial charge >= 0.3 is 0 Å². The van der Waals surface area contributed by atoms with Gasteiger partial charge in [-0.1, -0.05) is 96.3 Å². The Hall–Kier alpha value is 0. The van der Waals surface area contributed by atoms with Crippen molar-refractivity contribution in [1.82, 2.24) is 0 Å². The van der Waals surface area contributed by atoms with Crippen LogP contribution in [0.15, 0.2) is 0 Å². The highest BCUT2D eigenvalue weighted by Crippen LogP contribution is 2.64. The van der Waals surface area contributed by atoms with Crippen LogP contribution in [0.4, 0.5) is 0 Å². The Kier molecular flexibility index (Phi) is 7.80. The molecule has 11 atom stereocenters.